The third-order valence-electron chi connectivity index (χ3n) is 6.68. The van der Waals surface area contributed by atoms with E-state index in [1.54, 1.807) is 36.8 Å². The summed E-state index contributed by atoms with van der Waals surface area (Å²) in [6, 6.07) is 15.6. The van der Waals surface area contributed by atoms with E-state index >= 15 is 0 Å². The van der Waals surface area contributed by atoms with Crippen LogP contribution >= 0.6 is 0 Å². The van der Waals surface area contributed by atoms with Gasteiger partial charge in [0.15, 0.2) is 0 Å². The van der Waals surface area contributed by atoms with Crippen LogP contribution in [-0.4, -0.2) is 44.5 Å². The van der Waals surface area contributed by atoms with Gasteiger partial charge in [-0.05, 0) is 73.3 Å². The largest absolute Gasteiger partial charge is 0.327 e. The van der Waals surface area contributed by atoms with Crippen LogP contribution < -0.4 is 11.1 Å². The number of benzene rings is 2. The fourth-order valence-electron chi connectivity index (χ4n) is 4.79. The maximum absolute atomic E-state index is 13.2. The molecule has 0 aliphatic carbocycles. The first-order chi connectivity index (χ1) is 18.3. The van der Waals surface area contributed by atoms with Gasteiger partial charge in [-0.15, -0.1) is 0 Å². The maximum atomic E-state index is 13.2. The van der Waals surface area contributed by atoms with Gasteiger partial charge in [-0.1, -0.05) is 24.3 Å². The van der Waals surface area contributed by atoms with Crippen LogP contribution in [0.15, 0.2) is 73.3 Å². The lowest BCUT2D eigenvalue weighted by Gasteiger charge is -2.30. The first kappa shape index (κ1) is 25.7. The molecule has 2 aromatic heterocycles. The number of nitrogens with two attached hydrogens (primary N) is 1. The summed E-state index contributed by atoms with van der Waals surface area (Å²) in [6.07, 6.45) is 4.81. The fraction of sp³-hybridized carbons (Fsp3) is 0.276. The second-order valence-electron chi connectivity index (χ2n) is 9.75. The van der Waals surface area contributed by atoms with Crippen LogP contribution in [0.5, 0.6) is 0 Å². The van der Waals surface area contributed by atoms with Gasteiger partial charge in [0.25, 0.3) is 12.3 Å². The van der Waals surface area contributed by atoms with Crippen molar-refractivity contribution < 1.29 is 13.6 Å². The Morgan fingerprint density at radius 3 is 2.63 bits per heavy atom. The van der Waals surface area contributed by atoms with Crippen LogP contribution in [0.25, 0.3) is 16.8 Å². The third kappa shape index (κ3) is 6.12. The van der Waals surface area contributed by atoms with Gasteiger partial charge in [0.1, 0.15) is 5.69 Å². The lowest BCUT2D eigenvalue weighted by molar-refractivity contribution is 0.102. The van der Waals surface area contributed by atoms with Crippen molar-refractivity contribution in [3.63, 3.8) is 0 Å². The van der Waals surface area contributed by atoms with Crippen LogP contribution in [0, 0.1) is 6.92 Å². The molecule has 1 atom stereocenters. The Morgan fingerprint density at radius 1 is 1.11 bits per heavy atom. The minimum absolute atomic E-state index is 0.0453. The molecule has 1 saturated heterocycles. The topological polar surface area (TPSA) is 89.1 Å². The van der Waals surface area contributed by atoms with E-state index in [1.165, 1.54) is 12.1 Å². The molecule has 0 saturated carbocycles. The van der Waals surface area contributed by atoms with Crippen LogP contribution in [0.3, 0.4) is 0 Å². The number of hydrogen-bond donors (Lipinski definition) is 2. The zero-order chi connectivity index (χ0) is 26.6. The summed E-state index contributed by atoms with van der Waals surface area (Å²) in [7, 11) is 0. The summed E-state index contributed by atoms with van der Waals surface area (Å²) in [5, 5.41) is 2.99. The van der Waals surface area contributed by atoms with Crippen molar-refractivity contribution in [2.75, 3.05) is 18.4 Å². The Morgan fingerprint density at radius 2 is 1.92 bits per heavy atom. The molecule has 0 spiro atoms. The molecule has 1 aliphatic heterocycles. The highest BCUT2D eigenvalue weighted by Gasteiger charge is 2.18. The zero-order valence-corrected chi connectivity index (χ0v) is 21.1. The van der Waals surface area contributed by atoms with Crippen molar-refractivity contribution in [3.05, 3.63) is 95.8 Å². The Balaban J connectivity index is 1.39. The lowest BCUT2D eigenvalue weighted by Crippen LogP contribution is -2.42. The molecule has 0 unspecified atom stereocenters. The standard InChI is InChI=1S/C29H30F2N6O/c1-19-15-37(18-34-19)26-12-20(16-36-10-2-3-24(32)17-36)11-25(14-26)35-29(38)27-13-23(8-9-33-27)21-4-6-22(7-5-21)28(30)31/h4-9,11-15,18,24,28H,2-3,10,16-17,32H2,1H3,(H,35,38)/t24-/m0/s1. The highest BCUT2D eigenvalue weighted by molar-refractivity contribution is 6.03. The van der Waals surface area contributed by atoms with Crippen molar-refractivity contribution in [2.24, 2.45) is 5.73 Å². The number of piperidine rings is 1. The van der Waals surface area contributed by atoms with Gasteiger partial charge in [-0.25, -0.2) is 13.8 Å². The quantitative estimate of drug-likeness (QED) is 0.345. The number of hydrogen-bond acceptors (Lipinski definition) is 5. The van der Waals surface area contributed by atoms with Crippen LogP contribution in [0.1, 0.15) is 46.6 Å². The van der Waals surface area contributed by atoms with E-state index in [0.717, 1.165) is 60.5 Å². The number of halogens is 2. The number of alkyl halides is 2. The molecule has 1 amide bonds. The van der Waals surface area contributed by atoms with Crippen LogP contribution in [-0.2, 0) is 6.54 Å². The van der Waals surface area contributed by atoms with Gasteiger partial charge in [0, 0.05) is 48.5 Å². The number of rotatable bonds is 7. The molecule has 0 bridgehead atoms. The summed E-state index contributed by atoms with van der Waals surface area (Å²) in [4.78, 5) is 24.1. The number of aryl methyl sites for hydroxylation is 1. The minimum atomic E-state index is -2.53. The molecule has 5 rings (SSSR count). The van der Waals surface area contributed by atoms with E-state index in [0.29, 0.717) is 5.69 Å². The van der Waals surface area contributed by atoms with E-state index in [9.17, 15) is 13.6 Å². The van der Waals surface area contributed by atoms with Gasteiger partial charge in [-0.3, -0.25) is 14.7 Å². The van der Waals surface area contributed by atoms with Crippen molar-refractivity contribution in [3.8, 4) is 16.8 Å². The van der Waals surface area contributed by atoms with E-state index in [4.69, 9.17) is 5.73 Å². The molecule has 4 aromatic rings. The highest BCUT2D eigenvalue weighted by atomic mass is 19.3. The maximum Gasteiger partial charge on any atom is 0.274 e. The van der Waals surface area contributed by atoms with Crippen LogP contribution in [0.2, 0.25) is 0 Å². The number of carbonyl (C=O) groups excluding carboxylic acids is 1. The molecule has 196 valence electrons. The average Bonchev–Trinajstić information content (AvgIpc) is 3.35. The molecular weight excluding hydrogens is 486 g/mol. The van der Waals surface area contributed by atoms with Gasteiger partial charge in [0.05, 0.1) is 12.0 Å². The first-order valence-electron chi connectivity index (χ1n) is 12.6. The molecule has 7 nitrogen and oxygen atoms in total. The van der Waals surface area contributed by atoms with Crippen molar-refractivity contribution >= 4 is 11.6 Å². The number of nitrogens with one attached hydrogen (secondary N) is 1. The number of nitrogens with zero attached hydrogens (tertiary/aromatic N) is 4. The summed E-state index contributed by atoms with van der Waals surface area (Å²) in [5.74, 6) is -0.360. The second-order valence-corrected chi connectivity index (χ2v) is 9.75. The SMILES string of the molecule is Cc1cn(-c2cc(CN3CCC[C@H](N)C3)cc(NC(=O)c3cc(-c4ccc(C(F)F)cc4)ccn3)c2)cn1. The predicted octanol–water partition coefficient (Wildman–Crippen LogP) is 5.36. The van der Waals surface area contributed by atoms with Gasteiger partial charge in [-0.2, -0.15) is 0 Å². The highest BCUT2D eigenvalue weighted by Crippen LogP contribution is 2.26. The van der Waals surface area contributed by atoms with Crippen molar-refractivity contribution in [2.45, 2.75) is 38.8 Å². The minimum Gasteiger partial charge on any atom is -0.327 e. The number of likely N-dealkylation sites (tertiary alicyclic amines) is 1. The van der Waals surface area contributed by atoms with Crippen molar-refractivity contribution in [1.82, 2.24) is 19.4 Å². The monoisotopic (exact) mass is 516 g/mol. The van der Waals surface area contributed by atoms with E-state index < -0.39 is 6.43 Å². The molecule has 3 N–H and O–H groups in total. The molecular formula is C29H30F2N6O. The van der Waals surface area contributed by atoms with Gasteiger partial charge in [0.2, 0.25) is 0 Å². The molecule has 1 aliphatic rings. The number of aromatic nitrogens is 3. The zero-order valence-electron chi connectivity index (χ0n) is 21.1. The molecule has 2 aromatic carbocycles. The predicted molar refractivity (Wildman–Crippen MR) is 143 cm³/mol. The lowest BCUT2D eigenvalue weighted by atomic mass is 10.0. The summed E-state index contributed by atoms with van der Waals surface area (Å²) < 4.78 is 27.8. The Hall–Kier alpha value is -3.95. The van der Waals surface area contributed by atoms with Gasteiger partial charge >= 0.3 is 0 Å². The number of amides is 1. The van der Waals surface area contributed by atoms with Crippen LogP contribution in [0.4, 0.5) is 14.5 Å². The Kier molecular flexibility index (Phi) is 7.57. The fourth-order valence-corrected chi connectivity index (χ4v) is 4.79. The Bertz CT molecular complexity index is 1420. The number of pyridine rings is 1. The smallest absolute Gasteiger partial charge is 0.274 e. The van der Waals surface area contributed by atoms with E-state index in [2.05, 4.69) is 26.3 Å². The normalized spacial score (nSPS) is 16.1. The van der Waals surface area contributed by atoms with Gasteiger partial charge < -0.3 is 15.6 Å². The average molecular weight is 517 g/mol. The third-order valence-corrected chi connectivity index (χ3v) is 6.68. The molecule has 1 fully saturated rings. The van der Waals surface area contributed by atoms with Crippen molar-refractivity contribution in [1.29, 1.82) is 0 Å². The molecule has 0 radical (unpaired) electrons. The summed E-state index contributed by atoms with van der Waals surface area (Å²) >= 11 is 0. The molecule has 9 heteroatoms. The van der Waals surface area contributed by atoms with E-state index in [1.807, 2.05) is 29.8 Å². The summed E-state index contributed by atoms with van der Waals surface area (Å²) in [6.45, 7) is 4.47. The summed E-state index contributed by atoms with van der Waals surface area (Å²) in [5.41, 5.74) is 11.3. The molecule has 38 heavy (non-hydrogen) atoms. The van der Waals surface area contributed by atoms with E-state index in [-0.39, 0.29) is 23.2 Å². The molecule has 3 heterocycles. The number of anilines is 1. The number of carbonyl (C=O) groups is 1. The first-order valence-corrected chi connectivity index (χ1v) is 12.6. The second kappa shape index (κ2) is 11.2. The number of imidazole rings is 1. The Labute approximate surface area is 220 Å².